The van der Waals surface area contributed by atoms with E-state index in [-0.39, 0.29) is 6.10 Å². The first kappa shape index (κ1) is 12.9. The molecule has 0 saturated carbocycles. The van der Waals surface area contributed by atoms with Crippen LogP contribution in [-0.4, -0.2) is 56.8 Å². The van der Waals surface area contributed by atoms with E-state index < -0.39 is 6.89 Å². The van der Waals surface area contributed by atoms with E-state index in [9.17, 15) is 0 Å². The predicted molar refractivity (Wildman–Crippen MR) is 74.3 cm³/mol. The Balaban J connectivity index is 1.43. The molecule has 0 radical (unpaired) electrons. The molecule has 0 amide bonds. The fraction of sp³-hybridized carbons (Fsp3) is 0.538. The monoisotopic (exact) mass is 297 g/mol. The van der Waals surface area contributed by atoms with Crippen LogP contribution in [0.4, 0.5) is 0 Å². The summed E-state index contributed by atoms with van der Waals surface area (Å²) in [6.07, 6.45) is 0.00887. The molecule has 3 heterocycles. The molecule has 5 nitrogen and oxygen atoms in total. The molecule has 20 heavy (non-hydrogen) atoms. The van der Waals surface area contributed by atoms with Gasteiger partial charge >= 0.3 is 6.89 Å². The van der Waals surface area contributed by atoms with Crippen molar-refractivity contribution in [1.82, 2.24) is 0 Å². The number of hydrogen-bond donors (Lipinski definition) is 0. The topological polar surface area (TPSA) is 36.9 Å². The van der Waals surface area contributed by atoms with Gasteiger partial charge in [-0.1, -0.05) is 17.7 Å². The summed E-state index contributed by atoms with van der Waals surface area (Å²) in [6.45, 7) is 3.23. The van der Waals surface area contributed by atoms with Crippen LogP contribution in [0.1, 0.15) is 0 Å². The first-order chi connectivity index (χ1) is 9.71. The molecule has 0 unspecified atom stereocenters. The summed E-state index contributed by atoms with van der Waals surface area (Å²) >= 11 is 5.94. The van der Waals surface area contributed by atoms with E-state index in [1.807, 2.05) is 24.3 Å². The number of ether oxygens (including phenoxy) is 1. The molecule has 3 saturated heterocycles. The third kappa shape index (κ3) is 1.87. The highest BCUT2D eigenvalue weighted by molar-refractivity contribution is 6.54. The lowest BCUT2D eigenvalue weighted by Crippen LogP contribution is -2.59. The Morgan fingerprint density at radius 2 is 2.10 bits per heavy atom. The molecule has 3 aliphatic rings. The average Bonchev–Trinajstić information content (AvgIpc) is 2.97. The minimum atomic E-state index is -1.58. The molecule has 3 fully saturated rings. The van der Waals surface area contributed by atoms with E-state index in [4.69, 9.17) is 30.3 Å². The van der Waals surface area contributed by atoms with Gasteiger partial charge in [0.05, 0.1) is 32.8 Å². The lowest BCUT2D eigenvalue weighted by atomic mass is 9.94. The van der Waals surface area contributed by atoms with Crippen molar-refractivity contribution in [2.24, 2.45) is 0 Å². The van der Waals surface area contributed by atoms with Crippen LogP contribution < -0.4 is 4.74 Å². The van der Waals surface area contributed by atoms with Crippen LogP contribution in [0, 0.1) is 0 Å². The summed E-state index contributed by atoms with van der Waals surface area (Å²) in [5, 5.41) is 0.674. The molecule has 0 aliphatic carbocycles. The zero-order valence-corrected chi connectivity index (χ0v) is 11.9. The van der Waals surface area contributed by atoms with Gasteiger partial charge in [-0.2, -0.15) is 0 Å². The number of rotatable bonds is 3. The Bertz CT molecular complexity index is 499. The van der Waals surface area contributed by atoms with Gasteiger partial charge in [0.25, 0.3) is 0 Å². The van der Waals surface area contributed by atoms with Crippen molar-refractivity contribution in [2.45, 2.75) is 6.10 Å². The maximum Gasteiger partial charge on any atom is 0.625 e. The molecule has 1 aromatic rings. The zero-order valence-electron chi connectivity index (χ0n) is 11.2. The SMILES string of the molecule is Clc1cccc(OC[C@H]2C[N+]34CCO[B-]3(OCC4)O2)c1. The standard InChI is InChI=1S/C13H17BClNO4/c15-11-2-1-3-12(8-11)17-10-13-9-16-4-6-18-14(16,20-13)19-7-5-16/h1-3,8,13H,4-7,9-10H2/t13-,14?,16?/m1/s1. The number of quaternary nitrogens is 1. The first-order valence-corrected chi connectivity index (χ1v) is 7.42. The van der Waals surface area contributed by atoms with E-state index >= 15 is 0 Å². The van der Waals surface area contributed by atoms with Gasteiger partial charge in [0, 0.05) is 5.02 Å². The van der Waals surface area contributed by atoms with Gasteiger partial charge in [0.2, 0.25) is 0 Å². The van der Waals surface area contributed by atoms with Gasteiger partial charge in [0.15, 0.2) is 0 Å². The van der Waals surface area contributed by atoms with E-state index in [2.05, 4.69) is 0 Å². The number of hydrogen-bond acceptors (Lipinski definition) is 4. The van der Waals surface area contributed by atoms with Crippen LogP contribution in [0.25, 0.3) is 0 Å². The average molecular weight is 298 g/mol. The second-order valence-electron chi connectivity index (χ2n) is 5.72. The molecule has 1 aromatic carbocycles. The maximum absolute atomic E-state index is 6.07. The third-order valence-electron chi connectivity index (χ3n) is 4.56. The zero-order chi connectivity index (χ0) is 13.6. The summed E-state index contributed by atoms with van der Waals surface area (Å²) < 4.78 is 24.3. The summed E-state index contributed by atoms with van der Waals surface area (Å²) in [6, 6.07) is 7.41. The van der Waals surface area contributed by atoms with Crippen LogP contribution in [0.2, 0.25) is 5.02 Å². The van der Waals surface area contributed by atoms with Crippen LogP contribution in [-0.2, 0) is 14.0 Å². The molecule has 4 rings (SSSR count). The molecule has 7 heteroatoms. The summed E-state index contributed by atoms with van der Waals surface area (Å²) in [5.41, 5.74) is 0. The number of halogens is 1. The molecule has 0 bridgehead atoms. The van der Waals surface area contributed by atoms with Gasteiger partial charge in [-0.25, -0.2) is 0 Å². The highest BCUT2D eigenvalue weighted by Crippen LogP contribution is 2.41. The largest absolute Gasteiger partial charge is 0.625 e. The van der Waals surface area contributed by atoms with E-state index in [1.165, 1.54) is 0 Å². The molecule has 3 aliphatic heterocycles. The molecule has 1 atom stereocenters. The minimum Gasteiger partial charge on any atom is -0.491 e. The van der Waals surface area contributed by atoms with Crippen molar-refractivity contribution in [1.29, 1.82) is 0 Å². The second-order valence-corrected chi connectivity index (χ2v) is 6.16. The Morgan fingerprint density at radius 3 is 2.80 bits per heavy atom. The molecular formula is C13H17BClNO4. The Kier molecular flexibility index (Phi) is 2.98. The fourth-order valence-corrected chi connectivity index (χ4v) is 3.79. The second kappa shape index (κ2) is 4.61. The highest BCUT2D eigenvalue weighted by atomic mass is 35.5. The van der Waals surface area contributed by atoms with Gasteiger partial charge in [-0.15, -0.1) is 0 Å². The molecule has 0 aromatic heterocycles. The Hall–Kier alpha value is -0.785. The smallest absolute Gasteiger partial charge is 0.491 e. The Labute approximate surface area is 122 Å². The van der Waals surface area contributed by atoms with Crippen molar-refractivity contribution in [3.05, 3.63) is 29.3 Å². The van der Waals surface area contributed by atoms with Crippen LogP contribution >= 0.6 is 11.6 Å². The van der Waals surface area contributed by atoms with Crippen LogP contribution in [0.15, 0.2) is 24.3 Å². The lowest BCUT2D eigenvalue weighted by molar-refractivity contribution is -0.816. The molecule has 108 valence electrons. The molecular weight excluding hydrogens is 280 g/mol. The van der Waals surface area contributed by atoms with Crippen LogP contribution in [0.3, 0.4) is 0 Å². The van der Waals surface area contributed by atoms with Gasteiger partial charge in [0.1, 0.15) is 18.5 Å². The fourth-order valence-electron chi connectivity index (χ4n) is 3.61. The van der Waals surface area contributed by atoms with Gasteiger partial charge < -0.3 is 23.1 Å². The van der Waals surface area contributed by atoms with Crippen molar-refractivity contribution >= 4 is 18.5 Å². The summed E-state index contributed by atoms with van der Waals surface area (Å²) in [4.78, 5) is 0. The number of benzene rings is 1. The van der Waals surface area contributed by atoms with Crippen LogP contribution in [0.5, 0.6) is 5.75 Å². The van der Waals surface area contributed by atoms with Crippen molar-refractivity contribution in [3.8, 4) is 5.75 Å². The molecule has 0 spiro atoms. The lowest BCUT2D eigenvalue weighted by Gasteiger charge is -2.37. The Morgan fingerprint density at radius 1 is 1.30 bits per heavy atom. The first-order valence-electron chi connectivity index (χ1n) is 7.05. The van der Waals surface area contributed by atoms with Crippen molar-refractivity contribution < 1.29 is 23.1 Å². The quantitative estimate of drug-likeness (QED) is 0.791. The highest BCUT2D eigenvalue weighted by Gasteiger charge is 2.66. The van der Waals surface area contributed by atoms with E-state index in [0.29, 0.717) is 11.6 Å². The normalized spacial score (nSPS) is 38.8. The van der Waals surface area contributed by atoms with Crippen molar-refractivity contribution in [3.63, 3.8) is 0 Å². The predicted octanol–water partition coefficient (Wildman–Crippen LogP) is 1.43. The number of nitrogens with zero attached hydrogens (tertiary/aromatic N) is 1. The van der Waals surface area contributed by atoms with Crippen molar-refractivity contribution in [2.75, 3.05) is 39.5 Å². The van der Waals surface area contributed by atoms with E-state index in [0.717, 1.165) is 43.0 Å². The third-order valence-corrected chi connectivity index (χ3v) is 4.80. The maximum atomic E-state index is 6.07. The van der Waals surface area contributed by atoms with Gasteiger partial charge in [-0.05, 0) is 18.2 Å². The molecule has 0 N–H and O–H groups in total. The summed E-state index contributed by atoms with van der Waals surface area (Å²) in [7, 11) is 0. The van der Waals surface area contributed by atoms with Gasteiger partial charge in [-0.3, -0.25) is 0 Å². The van der Waals surface area contributed by atoms with E-state index in [1.54, 1.807) is 0 Å². The minimum absolute atomic E-state index is 0.00887. The summed E-state index contributed by atoms with van der Waals surface area (Å²) in [5.74, 6) is 0.764.